The molecule has 2 aliphatic rings. The highest BCUT2D eigenvalue weighted by molar-refractivity contribution is 7.89. The van der Waals surface area contributed by atoms with E-state index in [1.165, 1.54) is 40.2 Å². The number of thiazole rings is 1. The zero-order valence-corrected chi connectivity index (χ0v) is 23.8. The Balaban J connectivity index is 1.47. The number of anilines is 1. The maximum atomic E-state index is 14.9. The van der Waals surface area contributed by atoms with E-state index in [4.69, 9.17) is 5.14 Å². The molecule has 8 nitrogen and oxygen atoms in total. The molecule has 212 valence electrons. The van der Waals surface area contributed by atoms with Crippen LogP contribution in [0.25, 0.3) is 10.4 Å². The van der Waals surface area contributed by atoms with Crippen molar-refractivity contribution >= 4 is 43.8 Å². The molecule has 4 N–H and O–H groups in total. The van der Waals surface area contributed by atoms with Crippen molar-refractivity contribution in [3.05, 3.63) is 99.0 Å². The number of carbonyl (C=O) groups is 1. The minimum Gasteiger partial charge on any atom is -0.476 e. The average Bonchev–Trinajstić information content (AvgIpc) is 3.29. The van der Waals surface area contributed by atoms with Crippen molar-refractivity contribution in [2.24, 2.45) is 11.1 Å². The lowest BCUT2D eigenvalue weighted by Crippen LogP contribution is -2.34. The van der Waals surface area contributed by atoms with E-state index in [2.05, 4.69) is 10.4 Å². The van der Waals surface area contributed by atoms with Crippen LogP contribution in [-0.2, 0) is 16.4 Å². The van der Waals surface area contributed by atoms with E-state index >= 15 is 0 Å². The van der Waals surface area contributed by atoms with Gasteiger partial charge in [-0.2, -0.15) is 0 Å². The number of aromatic nitrogens is 1. The van der Waals surface area contributed by atoms with Crippen LogP contribution < -0.4 is 15.6 Å². The molecule has 13 heteroatoms. The van der Waals surface area contributed by atoms with Gasteiger partial charge in [0.25, 0.3) is 0 Å². The van der Waals surface area contributed by atoms with Crippen molar-refractivity contribution in [2.75, 3.05) is 5.01 Å². The first-order chi connectivity index (χ1) is 19.6. The third kappa shape index (κ3) is 5.68. The number of thiophene rings is 1. The summed E-state index contributed by atoms with van der Waals surface area (Å²) in [5.41, 5.74) is 6.86. The highest BCUT2D eigenvalue weighted by Crippen LogP contribution is 2.45. The fourth-order valence-corrected chi connectivity index (χ4v) is 7.10. The Bertz CT molecular complexity index is 1780. The van der Waals surface area contributed by atoms with E-state index in [1.54, 1.807) is 17.1 Å². The fourth-order valence-electron chi connectivity index (χ4n) is 4.98. The second kappa shape index (κ2) is 10.7. The van der Waals surface area contributed by atoms with Crippen LogP contribution in [0.15, 0.2) is 75.5 Å². The summed E-state index contributed by atoms with van der Waals surface area (Å²) in [6.07, 6.45) is 3.02. The second-order valence-corrected chi connectivity index (χ2v) is 13.4. The molecule has 1 unspecified atom stereocenters. The van der Waals surface area contributed by atoms with Crippen molar-refractivity contribution in [1.29, 1.82) is 0 Å². The zero-order valence-electron chi connectivity index (χ0n) is 21.4. The number of carboxylic acid groups (broad SMARTS) is 1. The van der Waals surface area contributed by atoms with E-state index in [1.807, 2.05) is 17.5 Å². The molecular formula is C28H24F2N4O4S3. The van der Waals surface area contributed by atoms with Gasteiger partial charge < -0.3 is 5.11 Å². The number of nitrogens with one attached hydrogen (secondary N) is 1. The summed E-state index contributed by atoms with van der Waals surface area (Å²) >= 11 is 2.60. The van der Waals surface area contributed by atoms with Crippen LogP contribution in [0, 0.1) is 17.6 Å². The molecule has 1 atom stereocenters. The molecule has 2 aromatic carbocycles. The van der Waals surface area contributed by atoms with Crippen LogP contribution in [0.2, 0.25) is 0 Å². The number of nitrogens with zero attached hydrogens (tertiary/aromatic N) is 2. The Morgan fingerprint density at radius 1 is 1.12 bits per heavy atom. The lowest BCUT2D eigenvalue weighted by Gasteiger charge is -2.21. The van der Waals surface area contributed by atoms with Gasteiger partial charge in [-0.05, 0) is 84.0 Å². The summed E-state index contributed by atoms with van der Waals surface area (Å²) in [5.74, 6) is -2.01. The quantitative estimate of drug-likeness (QED) is 0.216. The SMILES string of the molecule is NS(=O)(=O)c1ccc(CC2=C(CC3CC3)N(c3nc(C(=O)O)cs3)NC2c2ccc(F)c(-c3cccs3)c2)cc1F. The summed E-state index contributed by atoms with van der Waals surface area (Å²) in [6.45, 7) is 0. The van der Waals surface area contributed by atoms with Crippen LogP contribution in [-0.4, -0.2) is 24.5 Å². The standard InChI is InChI=1S/C28H24F2N4O4S3/c29-20-7-6-17(13-18(20)24-2-1-9-39-24)26-19(10-16-5-8-25(21(30)11-16)41(31,37)38)23(12-15-3-4-15)34(33-26)28-32-22(14-40-28)27(35)36/h1-2,5-9,11,13-15,26,33H,3-4,10,12H2,(H,35,36)(H2,31,37,38). The normalized spacial score (nSPS) is 17.4. The Labute approximate surface area is 242 Å². The zero-order chi connectivity index (χ0) is 28.9. The molecule has 1 aliphatic carbocycles. The molecule has 6 rings (SSSR count). The Kier molecular flexibility index (Phi) is 7.24. The van der Waals surface area contributed by atoms with Crippen molar-refractivity contribution in [3.8, 4) is 10.4 Å². The maximum Gasteiger partial charge on any atom is 0.355 e. The number of halogens is 2. The summed E-state index contributed by atoms with van der Waals surface area (Å²) in [4.78, 5) is 16.1. The number of primary sulfonamides is 1. The monoisotopic (exact) mass is 614 g/mol. The van der Waals surface area contributed by atoms with Crippen LogP contribution in [0.5, 0.6) is 0 Å². The number of carboxylic acids is 1. The number of hydrogen-bond acceptors (Lipinski definition) is 8. The highest BCUT2D eigenvalue weighted by atomic mass is 32.2. The molecule has 0 saturated heterocycles. The van der Waals surface area contributed by atoms with Crippen LogP contribution >= 0.6 is 22.7 Å². The minimum atomic E-state index is -4.23. The molecular weight excluding hydrogens is 591 g/mol. The molecule has 1 aliphatic heterocycles. The number of rotatable bonds is 9. The molecule has 0 radical (unpaired) electrons. The van der Waals surface area contributed by atoms with Crippen LogP contribution in [0.4, 0.5) is 13.9 Å². The molecule has 41 heavy (non-hydrogen) atoms. The van der Waals surface area contributed by atoms with E-state index in [0.29, 0.717) is 28.6 Å². The number of allylic oxidation sites excluding steroid dienone is 1. The Morgan fingerprint density at radius 2 is 1.93 bits per heavy atom. The van der Waals surface area contributed by atoms with Crippen LogP contribution in [0.3, 0.4) is 0 Å². The second-order valence-electron chi connectivity index (χ2n) is 10.0. The maximum absolute atomic E-state index is 14.9. The van der Waals surface area contributed by atoms with Gasteiger partial charge in [-0.3, -0.25) is 5.01 Å². The molecule has 3 heterocycles. The first-order valence-corrected chi connectivity index (χ1v) is 16.0. The third-order valence-electron chi connectivity index (χ3n) is 7.14. The van der Waals surface area contributed by atoms with Gasteiger partial charge in [0.05, 0.1) is 6.04 Å². The Hall–Kier alpha value is -3.49. The van der Waals surface area contributed by atoms with Crippen molar-refractivity contribution in [2.45, 2.75) is 36.6 Å². The lowest BCUT2D eigenvalue weighted by molar-refractivity contribution is 0.0691. The number of sulfonamides is 1. The average molecular weight is 615 g/mol. The van der Waals surface area contributed by atoms with E-state index < -0.39 is 32.7 Å². The van der Waals surface area contributed by atoms with Gasteiger partial charge in [0.15, 0.2) is 5.69 Å². The number of hydrazine groups is 1. The molecule has 4 aromatic rings. The summed E-state index contributed by atoms with van der Waals surface area (Å²) in [5, 5.41) is 20.2. The van der Waals surface area contributed by atoms with Gasteiger partial charge in [-0.15, -0.1) is 22.7 Å². The smallest absolute Gasteiger partial charge is 0.355 e. The topological polar surface area (TPSA) is 126 Å². The largest absolute Gasteiger partial charge is 0.476 e. The van der Waals surface area contributed by atoms with Crippen molar-refractivity contribution in [1.82, 2.24) is 10.4 Å². The van der Waals surface area contributed by atoms with Gasteiger partial charge in [0.1, 0.15) is 16.5 Å². The lowest BCUT2D eigenvalue weighted by atomic mass is 9.91. The first-order valence-electron chi connectivity index (χ1n) is 12.7. The molecule has 0 spiro atoms. The van der Waals surface area contributed by atoms with Crippen molar-refractivity contribution in [3.63, 3.8) is 0 Å². The summed E-state index contributed by atoms with van der Waals surface area (Å²) in [6, 6.07) is 12.0. The predicted molar refractivity (Wildman–Crippen MR) is 153 cm³/mol. The van der Waals surface area contributed by atoms with Gasteiger partial charge in [0, 0.05) is 21.5 Å². The predicted octanol–water partition coefficient (Wildman–Crippen LogP) is 5.86. The van der Waals surface area contributed by atoms with Gasteiger partial charge in [-0.25, -0.2) is 37.5 Å². The van der Waals surface area contributed by atoms with E-state index in [9.17, 15) is 27.1 Å². The number of aromatic carboxylic acids is 1. The molecule has 1 fully saturated rings. The molecule has 0 bridgehead atoms. The number of nitrogens with two attached hydrogens (primary N) is 1. The molecule has 1 saturated carbocycles. The first kappa shape index (κ1) is 27.7. The number of benzene rings is 2. The summed E-state index contributed by atoms with van der Waals surface area (Å²) in [7, 11) is -4.23. The van der Waals surface area contributed by atoms with Gasteiger partial charge in [-0.1, -0.05) is 18.2 Å². The third-order valence-corrected chi connectivity index (χ3v) is 9.81. The van der Waals surface area contributed by atoms with Gasteiger partial charge >= 0.3 is 5.97 Å². The summed E-state index contributed by atoms with van der Waals surface area (Å²) < 4.78 is 53.3. The van der Waals surface area contributed by atoms with Crippen LogP contribution in [0.1, 0.15) is 46.9 Å². The minimum absolute atomic E-state index is 0.0787. The number of hydrogen-bond donors (Lipinski definition) is 3. The van der Waals surface area contributed by atoms with E-state index in [0.717, 1.165) is 46.7 Å². The van der Waals surface area contributed by atoms with Gasteiger partial charge in [0.2, 0.25) is 15.2 Å². The van der Waals surface area contributed by atoms with E-state index in [-0.39, 0.29) is 17.9 Å². The molecule has 2 aromatic heterocycles. The molecule has 0 amide bonds. The highest BCUT2D eigenvalue weighted by Gasteiger charge is 2.38. The van der Waals surface area contributed by atoms with Crippen molar-refractivity contribution < 1.29 is 27.1 Å². The fraction of sp³-hybridized carbons (Fsp3) is 0.214. The Morgan fingerprint density at radius 3 is 2.56 bits per heavy atom.